The van der Waals surface area contributed by atoms with Crippen LogP contribution in [0.15, 0.2) is 28.7 Å². The fourth-order valence-electron chi connectivity index (χ4n) is 1.93. The molecule has 6 heteroatoms. The molecular formula is C13H16BrN3O2. The second kappa shape index (κ2) is 6.68. The molecular weight excluding hydrogens is 310 g/mol. The summed E-state index contributed by atoms with van der Waals surface area (Å²) in [6, 6.07) is 7.22. The summed E-state index contributed by atoms with van der Waals surface area (Å²) in [4.78, 5) is 25.6. The number of halogens is 1. The Labute approximate surface area is 120 Å². The van der Waals surface area contributed by atoms with Crippen LogP contribution in [0, 0.1) is 0 Å². The summed E-state index contributed by atoms with van der Waals surface area (Å²) in [7, 11) is 0. The van der Waals surface area contributed by atoms with Crippen molar-refractivity contribution in [2.75, 3.05) is 31.5 Å². The van der Waals surface area contributed by atoms with Crippen molar-refractivity contribution >= 4 is 33.4 Å². The van der Waals surface area contributed by atoms with Gasteiger partial charge in [-0.25, -0.2) is 0 Å². The summed E-state index contributed by atoms with van der Waals surface area (Å²) < 4.78 is 0.758. The Bertz CT molecular complexity index is 471. The largest absolute Gasteiger partial charge is 0.333 e. The number of rotatable bonds is 1. The first-order valence-electron chi connectivity index (χ1n) is 6.24. The number of nitrogens with one attached hydrogen (secondary N) is 2. The van der Waals surface area contributed by atoms with Gasteiger partial charge in [-0.1, -0.05) is 12.1 Å². The van der Waals surface area contributed by atoms with Crippen LogP contribution in [0.4, 0.5) is 5.69 Å². The lowest BCUT2D eigenvalue weighted by molar-refractivity contribution is -0.143. The number of anilines is 1. The molecule has 5 nitrogen and oxygen atoms in total. The van der Waals surface area contributed by atoms with E-state index in [0.717, 1.165) is 24.0 Å². The lowest BCUT2D eigenvalue weighted by atomic mass is 10.3. The summed E-state index contributed by atoms with van der Waals surface area (Å²) >= 11 is 3.33. The Kier molecular flexibility index (Phi) is 4.93. The number of benzene rings is 1. The van der Waals surface area contributed by atoms with Gasteiger partial charge in [-0.3, -0.25) is 9.59 Å². The first-order valence-corrected chi connectivity index (χ1v) is 7.03. The fraction of sp³-hybridized carbons (Fsp3) is 0.385. The van der Waals surface area contributed by atoms with Crippen LogP contribution in [-0.4, -0.2) is 42.9 Å². The Morgan fingerprint density at radius 1 is 1.21 bits per heavy atom. The standard InChI is InChI=1S/C13H16BrN3O2/c14-10-4-1-2-5-11(10)16-12(18)13(19)17-8-3-6-15-7-9-17/h1-2,4-5,15H,3,6-9H2,(H,16,18). The van der Waals surface area contributed by atoms with Gasteiger partial charge in [0.05, 0.1) is 5.69 Å². The zero-order chi connectivity index (χ0) is 13.7. The summed E-state index contributed by atoms with van der Waals surface area (Å²) in [6.07, 6.45) is 0.869. The molecule has 1 aliphatic heterocycles. The van der Waals surface area contributed by atoms with Crippen LogP contribution < -0.4 is 10.6 Å². The molecule has 102 valence electrons. The molecule has 2 N–H and O–H groups in total. The second-order valence-electron chi connectivity index (χ2n) is 4.33. The minimum absolute atomic E-state index is 0.473. The third-order valence-electron chi connectivity index (χ3n) is 2.94. The van der Waals surface area contributed by atoms with Crippen LogP contribution in [0.25, 0.3) is 0 Å². The molecule has 1 aromatic rings. The molecule has 0 radical (unpaired) electrons. The number of carbonyl (C=O) groups excluding carboxylic acids is 2. The van der Waals surface area contributed by atoms with Gasteiger partial charge in [-0.05, 0) is 41.0 Å². The van der Waals surface area contributed by atoms with Gasteiger partial charge >= 0.3 is 11.8 Å². The number of amides is 2. The van der Waals surface area contributed by atoms with E-state index in [-0.39, 0.29) is 0 Å². The Hall–Kier alpha value is -1.40. The van der Waals surface area contributed by atoms with Gasteiger partial charge in [-0.15, -0.1) is 0 Å². The maximum atomic E-state index is 12.0. The molecule has 0 bridgehead atoms. The molecule has 0 atom stereocenters. The molecule has 1 aromatic carbocycles. The van der Waals surface area contributed by atoms with E-state index in [9.17, 15) is 9.59 Å². The average molecular weight is 326 g/mol. The summed E-state index contributed by atoms with van der Waals surface area (Å²) in [5, 5.41) is 5.83. The molecule has 2 rings (SSSR count). The molecule has 1 saturated heterocycles. The average Bonchev–Trinajstić information content (AvgIpc) is 2.69. The molecule has 1 heterocycles. The highest BCUT2D eigenvalue weighted by atomic mass is 79.9. The molecule has 2 amide bonds. The number of para-hydroxylation sites is 1. The Balaban J connectivity index is 1.99. The van der Waals surface area contributed by atoms with E-state index in [4.69, 9.17) is 0 Å². The van der Waals surface area contributed by atoms with Crippen LogP contribution in [-0.2, 0) is 9.59 Å². The molecule has 0 spiro atoms. The third kappa shape index (κ3) is 3.78. The molecule has 0 unspecified atom stereocenters. The molecule has 0 aromatic heterocycles. The monoisotopic (exact) mass is 325 g/mol. The van der Waals surface area contributed by atoms with E-state index in [0.29, 0.717) is 18.8 Å². The van der Waals surface area contributed by atoms with Gasteiger partial charge in [-0.2, -0.15) is 0 Å². The van der Waals surface area contributed by atoms with Crippen LogP contribution in [0.2, 0.25) is 0 Å². The molecule has 19 heavy (non-hydrogen) atoms. The number of hydrogen-bond acceptors (Lipinski definition) is 3. The zero-order valence-corrected chi connectivity index (χ0v) is 12.1. The van der Waals surface area contributed by atoms with Gasteiger partial charge in [0.15, 0.2) is 0 Å². The van der Waals surface area contributed by atoms with Crippen molar-refractivity contribution < 1.29 is 9.59 Å². The molecule has 1 fully saturated rings. The van der Waals surface area contributed by atoms with Crippen LogP contribution in [0.3, 0.4) is 0 Å². The van der Waals surface area contributed by atoms with E-state index < -0.39 is 11.8 Å². The molecule has 0 saturated carbocycles. The predicted octanol–water partition coefficient (Wildman–Crippen LogP) is 1.21. The molecule has 1 aliphatic rings. The van der Waals surface area contributed by atoms with Crippen LogP contribution in [0.5, 0.6) is 0 Å². The molecule has 0 aliphatic carbocycles. The minimum Gasteiger partial charge on any atom is -0.333 e. The number of carbonyl (C=O) groups is 2. The van der Waals surface area contributed by atoms with Gasteiger partial charge in [0.2, 0.25) is 0 Å². The summed E-state index contributed by atoms with van der Waals surface area (Å²) in [6.45, 7) is 2.81. The first-order chi connectivity index (χ1) is 9.18. The van der Waals surface area contributed by atoms with E-state index in [1.165, 1.54) is 0 Å². The lowest BCUT2D eigenvalue weighted by Crippen LogP contribution is -2.41. The summed E-state index contributed by atoms with van der Waals surface area (Å²) in [5.74, 6) is -1.06. The SMILES string of the molecule is O=C(Nc1ccccc1Br)C(=O)N1CCCNCC1. The second-order valence-corrected chi connectivity index (χ2v) is 5.18. The van der Waals surface area contributed by atoms with Crippen molar-refractivity contribution in [3.05, 3.63) is 28.7 Å². The van der Waals surface area contributed by atoms with E-state index >= 15 is 0 Å². The van der Waals surface area contributed by atoms with E-state index in [2.05, 4.69) is 26.6 Å². The highest BCUT2D eigenvalue weighted by Crippen LogP contribution is 2.21. The highest BCUT2D eigenvalue weighted by molar-refractivity contribution is 9.10. The van der Waals surface area contributed by atoms with Gasteiger partial charge < -0.3 is 15.5 Å². The van der Waals surface area contributed by atoms with Crippen molar-refractivity contribution in [3.8, 4) is 0 Å². The zero-order valence-electron chi connectivity index (χ0n) is 10.5. The maximum absolute atomic E-state index is 12.0. The van der Waals surface area contributed by atoms with Crippen molar-refractivity contribution in [2.24, 2.45) is 0 Å². The predicted molar refractivity (Wildman–Crippen MR) is 76.8 cm³/mol. The minimum atomic E-state index is -0.589. The number of hydrogen-bond donors (Lipinski definition) is 2. The topological polar surface area (TPSA) is 61.4 Å². The van der Waals surface area contributed by atoms with Gasteiger partial charge in [0.1, 0.15) is 0 Å². The fourth-order valence-corrected chi connectivity index (χ4v) is 2.31. The van der Waals surface area contributed by atoms with Crippen LogP contribution in [0.1, 0.15) is 6.42 Å². The smallest absolute Gasteiger partial charge is 0.313 e. The van der Waals surface area contributed by atoms with E-state index in [1.807, 2.05) is 12.1 Å². The summed E-state index contributed by atoms with van der Waals surface area (Å²) in [5.41, 5.74) is 0.605. The lowest BCUT2D eigenvalue weighted by Gasteiger charge is -2.19. The Morgan fingerprint density at radius 2 is 2.00 bits per heavy atom. The van der Waals surface area contributed by atoms with Crippen molar-refractivity contribution in [2.45, 2.75) is 6.42 Å². The third-order valence-corrected chi connectivity index (χ3v) is 3.64. The Morgan fingerprint density at radius 3 is 2.79 bits per heavy atom. The normalized spacial score (nSPS) is 15.7. The van der Waals surface area contributed by atoms with Crippen LogP contribution >= 0.6 is 15.9 Å². The quantitative estimate of drug-likeness (QED) is 0.763. The van der Waals surface area contributed by atoms with Crippen molar-refractivity contribution in [1.29, 1.82) is 0 Å². The van der Waals surface area contributed by atoms with Crippen molar-refractivity contribution in [3.63, 3.8) is 0 Å². The van der Waals surface area contributed by atoms with E-state index in [1.54, 1.807) is 17.0 Å². The first kappa shape index (κ1) is 14.0. The number of nitrogens with zero attached hydrogens (tertiary/aromatic N) is 1. The van der Waals surface area contributed by atoms with Gasteiger partial charge in [0, 0.05) is 24.1 Å². The van der Waals surface area contributed by atoms with Gasteiger partial charge in [0.25, 0.3) is 0 Å². The van der Waals surface area contributed by atoms with Crippen molar-refractivity contribution in [1.82, 2.24) is 10.2 Å². The maximum Gasteiger partial charge on any atom is 0.313 e. The highest BCUT2D eigenvalue weighted by Gasteiger charge is 2.22.